The molecule has 1 aromatic carbocycles. The van der Waals surface area contributed by atoms with Gasteiger partial charge >= 0.3 is 0 Å². The van der Waals surface area contributed by atoms with E-state index in [4.69, 9.17) is 10.5 Å². The number of anilines is 1. The van der Waals surface area contributed by atoms with Gasteiger partial charge in [-0.1, -0.05) is 12.1 Å². The molecule has 94 valence electrons. The van der Waals surface area contributed by atoms with Crippen LogP contribution >= 0.6 is 15.9 Å². The van der Waals surface area contributed by atoms with Crippen molar-refractivity contribution in [2.24, 2.45) is 0 Å². The van der Waals surface area contributed by atoms with Gasteiger partial charge in [0.05, 0.1) is 18.6 Å². The summed E-state index contributed by atoms with van der Waals surface area (Å²) in [6.07, 6.45) is 2.94. The number of para-hydroxylation sites is 2. The molecule has 2 rings (SSSR count). The molecule has 0 bridgehead atoms. The van der Waals surface area contributed by atoms with E-state index in [1.165, 1.54) is 17.1 Å². The standard InChI is InChI=1S/C12H12BrN3O2/c13-9-7-15-8-16(12(9)17)5-6-18-11-4-2-1-3-10(11)14/h1-4,7-8H,5-6,14H2. The van der Waals surface area contributed by atoms with Crippen LogP contribution in [0, 0.1) is 0 Å². The number of nitrogen functional groups attached to an aromatic ring is 1. The third-order valence-corrected chi connectivity index (χ3v) is 2.91. The summed E-state index contributed by atoms with van der Waals surface area (Å²) in [5.74, 6) is 0.619. The highest BCUT2D eigenvalue weighted by molar-refractivity contribution is 9.10. The van der Waals surface area contributed by atoms with Crippen molar-refractivity contribution in [1.29, 1.82) is 0 Å². The molecule has 5 nitrogen and oxygen atoms in total. The van der Waals surface area contributed by atoms with Crippen LogP contribution in [0.4, 0.5) is 5.69 Å². The lowest BCUT2D eigenvalue weighted by Gasteiger charge is -2.09. The van der Waals surface area contributed by atoms with Gasteiger partial charge in [-0.3, -0.25) is 9.36 Å². The molecule has 6 heteroatoms. The van der Waals surface area contributed by atoms with E-state index in [2.05, 4.69) is 20.9 Å². The molecule has 0 aliphatic rings. The van der Waals surface area contributed by atoms with Gasteiger partial charge in [0.2, 0.25) is 0 Å². The number of hydrogen-bond acceptors (Lipinski definition) is 4. The number of nitrogens with zero attached hydrogens (tertiary/aromatic N) is 2. The molecular weight excluding hydrogens is 298 g/mol. The van der Waals surface area contributed by atoms with Gasteiger partial charge in [0.25, 0.3) is 5.56 Å². The minimum atomic E-state index is -0.130. The summed E-state index contributed by atoms with van der Waals surface area (Å²) in [5.41, 5.74) is 6.19. The van der Waals surface area contributed by atoms with E-state index in [1.54, 1.807) is 12.1 Å². The Morgan fingerprint density at radius 2 is 2.17 bits per heavy atom. The molecule has 0 aliphatic heterocycles. The van der Waals surface area contributed by atoms with Crippen LogP contribution in [0.3, 0.4) is 0 Å². The Balaban J connectivity index is 1.99. The topological polar surface area (TPSA) is 70.1 Å². The Morgan fingerprint density at radius 3 is 2.94 bits per heavy atom. The Labute approximate surface area is 112 Å². The smallest absolute Gasteiger partial charge is 0.267 e. The molecule has 0 saturated heterocycles. The lowest BCUT2D eigenvalue weighted by atomic mass is 10.3. The molecule has 0 atom stereocenters. The Hall–Kier alpha value is -1.82. The molecule has 1 heterocycles. The first-order valence-electron chi connectivity index (χ1n) is 5.36. The number of halogens is 1. The number of ether oxygens (including phenoxy) is 1. The third kappa shape index (κ3) is 2.89. The second-order valence-corrected chi connectivity index (χ2v) is 4.48. The van der Waals surface area contributed by atoms with Crippen molar-refractivity contribution < 1.29 is 4.74 Å². The second-order valence-electron chi connectivity index (χ2n) is 3.63. The molecule has 0 spiro atoms. The minimum Gasteiger partial charge on any atom is -0.490 e. The molecule has 0 unspecified atom stereocenters. The molecule has 0 amide bonds. The summed E-state index contributed by atoms with van der Waals surface area (Å²) in [7, 11) is 0. The highest BCUT2D eigenvalue weighted by atomic mass is 79.9. The molecule has 18 heavy (non-hydrogen) atoms. The zero-order chi connectivity index (χ0) is 13.0. The Kier molecular flexibility index (Phi) is 3.99. The van der Waals surface area contributed by atoms with Gasteiger partial charge in [0, 0.05) is 6.20 Å². The van der Waals surface area contributed by atoms with Crippen LogP contribution in [0.2, 0.25) is 0 Å². The van der Waals surface area contributed by atoms with Gasteiger partial charge in [-0.05, 0) is 28.1 Å². The normalized spacial score (nSPS) is 10.3. The van der Waals surface area contributed by atoms with Gasteiger partial charge < -0.3 is 10.5 Å². The first kappa shape index (κ1) is 12.6. The summed E-state index contributed by atoms with van der Waals surface area (Å²) >= 11 is 3.14. The Bertz CT molecular complexity index is 598. The van der Waals surface area contributed by atoms with E-state index in [1.807, 2.05) is 12.1 Å². The zero-order valence-electron chi connectivity index (χ0n) is 9.54. The van der Waals surface area contributed by atoms with E-state index in [0.29, 0.717) is 29.1 Å². The maximum atomic E-state index is 11.7. The van der Waals surface area contributed by atoms with E-state index in [0.717, 1.165) is 0 Å². The van der Waals surface area contributed by atoms with Crippen molar-refractivity contribution in [3.05, 3.63) is 51.6 Å². The van der Waals surface area contributed by atoms with E-state index in [9.17, 15) is 4.79 Å². The monoisotopic (exact) mass is 309 g/mol. The molecule has 2 aromatic rings. The number of rotatable bonds is 4. The fraction of sp³-hybridized carbons (Fsp3) is 0.167. The van der Waals surface area contributed by atoms with Gasteiger partial charge in [-0.25, -0.2) is 4.98 Å². The maximum Gasteiger partial charge on any atom is 0.267 e. The first-order chi connectivity index (χ1) is 8.68. The molecule has 0 saturated carbocycles. The number of aromatic nitrogens is 2. The van der Waals surface area contributed by atoms with Crippen molar-refractivity contribution in [1.82, 2.24) is 9.55 Å². The van der Waals surface area contributed by atoms with E-state index in [-0.39, 0.29) is 5.56 Å². The van der Waals surface area contributed by atoms with Crippen molar-refractivity contribution >= 4 is 21.6 Å². The SMILES string of the molecule is Nc1ccccc1OCCn1cncc(Br)c1=O. The van der Waals surface area contributed by atoms with Crippen LogP contribution in [0.15, 0.2) is 46.1 Å². The molecule has 2 N–H and O–H groups in total. The number of hydrogen-bond donors (Lipinski definition) is 1. The van der Waals surface area contributed by atoms with Gasteiger partial charge in [0.15, 0.2) is 0 Å². The summed E-state index contributed by atoms with van der Waals surface area (Å²) in [5, 5.41) is 0. The fourth-order valence-electron chi connectivity index (χ4n) is 1.45. The van der Waals surface area contributed by atoms with Crippen molar-refractivity contribution in [2.75, 3.05) is 12.3 Å². The fourth-order valence-corrected chi connectivity index (χ4v) is 1.80. The average Bonchev–Trinajstić information content (AvgIpc) is 2.37. The predicted molar refractivity (Wildman–Crippen MR) is 72.5 cm³/mol. The third-order valence-electron chi connectivity index (χ3n) is 2.37. The van der Waals surface area contributed by atoms with Crippen LogP contribution in [0.25, 0.3) is 0 Å². The van der Waals surface area contributed by atoms with Gasteiger partial charge in [0.1, 0.15) is 16.8 Å². The molecule has 1 aromatic heterocycles. The van der Waals surface area contributed by atoms with Crippen molar-refractivity contribution in [3.63, 3.8) is 0 Å². The van der Waals surface area contributed by atoms with E-state index < -0.39 is 0 Å². The largest absolute Gasteiger partial charge is 0.490 e. The second kappa shape index (κ2) is 5.68. The van der Waals surface area contributed by atoms with Crippen molar-refractivity contribution in [2.45, 2.75) is 6.54 Å². The first-order valence-corrected chi connectivity index (χ1v) is 6.15. The summed E-state index contributed by atoms with van der Waals surface area (Å²) < 4.78 is 7.42. The zero-order valence-corrected chi connectivity index (χ0v) is 11.1. The summed E-state index contributed by atoms with van der Waals surface area (Å²) in [6, 6.07) is 7.24. The molecular formula is C12H12BrN3O2. The average molecular weight is 310 g/mol. The predicted octanol–water partition coefficient (Wildman–Crippen LogP) is 1.67. The van der Waals surface area contributed by atoms with Crippen LogP contribution in [-0.2, 0) is 6.54 Å². The summed E-state index contributed by atoms with van der Waals surface area (Å²) in [6.45, 7) is 0.770. The van der Waals surface area contributed by atoms with E-state index >= 15 is 0 Å². The molecule has 0 fully saturated rings. The molecule has 0 radical (unpaired) electrons. The van der Waals surface area contributed by atoms with Crippen LogP contribution in [0.1, 0.15) is 0 Å². The maximum absolute atomic E-state index is 11.7. The molecule has 0 aliphatic carbocycles. The Morgan fingerprint density at radius 1 is 1.39 bits per heavy atom. The lowest BCUT2D eigenvalue weighted by Crippen LogP contribution is -2.23. The van der Waals surface area contributed by atoms with Crippen LogP contribution in [-0.4, -0.2) is 16.2 Å². The van der Waals surface area contributed by atoms with Gasteiger partial charge in [-0.15, -0.1) is 0 Å². The van der Waals surface area contributed by atoms with Crippen LogP contribution < -0.4 is 16.0 Å². The highest BCUT2D eigenvalue weighted by Gasteiger charge is 2.02. The number of nitrogens with two attached hydrogens (primary N) is 1. The number of benzene rings is 1. The van der Waals surface area contributed by atoms with Crippen molar-refractivity contribution in [3.8, 4) is 5.75 Å². The minimum absolute atomic E-state index is 0.130. The lowest BCUT2D eigenvalue weighted by molar-refractivity contribution is 0.297. The highest BCUT2D eigenvalue weighted by Crippen LogP contribution is 2.19. The van der Waals surface area contributed by atoms with Crippen LogP contribution in [0.5, 0.6) is 5.75 Å². The van der Waals surface area contributed by atoms with Gasteiger partial charge in [-0.2, -0.15) is 0 Å². The summed E-state index contributed by atoms with van der Waals surface area (Å²) in [4.78, 5) is 15.6. The quantitative estimate of drug-likeness (QED) is 0.872.